The van der Waals surface area contributed by atoms with Crippen molar-refractivity contribution in [3.63, 3.8) is 0 Å². The van der Waals surface area contributed by atoms with E-state index in [1.165, 1.54) is 16.2 Å². The molecule has 0 N–H and O–H groups in total. The molecule has 1 rings (SSSR count). The molecule has 0 spiro atoms. The molecule has 14 heavy (non-hydrogen) atoms. The summed E-state index contributed by atoms with van der Waals surface area (Å²) in [6.07, 6.45) is 0.839. The third-order valence-corrected chi connectivity index (χ3v) is 3.29. The summed E-state index contributed by atoms with van der Waals surface area (Å²) in [5.74, 6) is 0.440. The molecule has 0 aromatic carbocycles. The third-order valence-electron chi connectivity index (χ3n) is 2.01. The Balaban J connectivity index is 3.26. The number of nitrogens with zero attached hydrogens (tertiary/aromatic N) is 1. The van der Waals surface area contributed by atoms with Crippen LogP contribution in [0.2, 0.25) is 0 Å². The Kier molecular flexibility index (Phi) is 3.10. The van der Waals surface area contributed by atoms with Gasteiger partial charge in [0.25, 0.3) is 0 Å². The second-order valence-corrected chi connectivity index (χ2v) is 5.85. The summed E-state index contributed by atoms with van der Waals surface area (Å²) in [4.78, 5) is 16.3. The predicted octanol–water partition coefficient (Wildman–Crippen LogP) is 3.38. The fourth-order valence-corrected chi connectivity index (χ4v) is 2.42. The molecule has 0 atom stereocenters. The van der Waals surface area contributed by atoms with Gasteiger partial charge in [-0.05, 0) is 5.92 Å². The lowest BCUT2D eigenvalue weighted by Gasteiger charge is -2.18. The van der Waals surface area contributed by atoms with Crippen molar-refractivity contribution >= 4 is 17.6 Å². The van der Waals surface area contributed by atoms with Crippen LogP contribution >= 0.6 is 11.3 Å². The molecule has 0 unspecified atom stereocenters. The minimum absolute atomic E-state index is 0.0252. The molecule has 1 aromatic heterocycles. The number of hydrogen-bond donors (Lipinski definition) is 0. The first-order chi connectivity index (χ1) is 6.36. The first-order valence-electron chi connectivity index (χ1n) is 4.82. The lowest BCUT2D eigenvalue weighted by molar-refractivity contribution is 0.112. The average Bonchev–Trinajstić information content (AvgIpc) is 2.46. The first-order valence-corrected chi connectivity index (χ1v) is 5.64. The third kappa shape index (κ3) is 2.21. The molecule has 0 amide bonds. The fourth-order valence-electron chi connectivity index (χ4n) is 1.33. The van der Waals surface area contributed by atoms with Crippen molar-refractivity contribution in [2.45, 2.75) is 46.0 Å². The van der Waals surface area contributed by atoms with Crippen LogP contribution in [0.15, 0.2) is 0 Å². The molecule has 3 heteroatoms. The van der Waals surface area contributed by atoms with E-state index in [0.29, 0.717) is 10.9 Å². The van der Waals surface area contributed by atoms with Gasteiger partial charge in [-0.2, -0.15) is 0 Å². The van der Waals surface area contributed by atoms with Crippen LogP contribution in [0.4, 0.5) is 0 Å². The van der Waals surface area contributed by atoms with E-state index in [9.17, 15) is 4.79 Å². The van der Waals surface area contributed by atoms with Gasteiger partial charge in [0.05, 0.1) is 5.69 Å². The van der Waals surface area contributed by atoms with E-state index in [-0.39, 0.29) is 5.41 Å². The molecular formula is C11H17NOS. The van der Waals surface area contributed by atoms with Crippen LogP contribution in [0.3, 0.4) is 0 Å². The SMILES string of the molecule is CC(C)c1sc(C=O)nc1C(C)(C)C. The van der Waals surface area contributed by atoms with E-state index in [0.717, 1.165) is 12.0 Å². The lowest BCUT2D eigenvalue weighted by atomic mass is 9.89. The molecule has 0 fully saturated rings. The second-order valence-electron chi connectivity index (χ2n) is 4.79. The quantitative estimate of drug-likeness (QED) is 0.702. The zero-order chi connectivity index (χ0) is 10.9. The summed E-state index contributed by atoms with van der Waals surface area (Å²) >= 11 is 1.52. The molecule has 78 valence electrons. The van der Waals surface area contributed by atoms with Crippen molar-refractivity contribution in [2.75, 3.05) is 0 Å². The van der Waals surface area contributed by atoms with E-state index in [1.807, 2.05) is 0 Å². The van der Waals surface area contributed by atoms with Crippen molar-refractivity contribution in [3.05, 3.63) is 15.6 Å². The topological polar surface area (TPSA) is 30.0 Å². The standard InChI is InChI=1S/C11H17NOS/c1-7(2)9-10(11(3,4)5)12-8(6-13)14-9/h6-7H,1-5H3. The Morgan fingerprint density at radius 3 is 2.21 bits per heavy atom. The number of carbonyl (C=O) groups is 1. The van der Waals surface area contributed by atoms with Crippen LogP contribution < -0.4 is 0 Å². The van der Waals surface area contributed by atoms with Gasteiger partial charge in [0.2, 0.25) is 0 Å². The molecule has 0 aliphatic carbocycles. The summed E-state index contributed by atoms with van der Waals surface area (Å²) in [6, 6.07) is 0. The summed E-state index contributed by atoms with van der Waals surface area (Å²) in [6.45, 7) is 10.7. The zero-order valence-electron chi connectivity index (χ0n) is 9.42. The van der Waals surface area contributed by atoms with Crippen LogP contribution in [-0.4, -0.2) is 11.3 Å². The van der Waals surface area contributed by atoms with Gasteiger partial charge in [-0.3, -0.25) is 4.79 Å². The van der Waals surface area contributed by atoms with E-state index >= 15 is 0 Å². The highest BCUT2D eigenvalue weighted by Gasteiger charge is 2.24. The number of aromatic nitrogens is 1. The second kappa shape index (κ2) is 3.81. The molecule has 0 bridgehead atoms. The van der Waals surface area contributed by atoms with Crippen molar-refractivity contribution in [1.29, 1.82) is 0 Å². The number of rotatable bonds is 2. The maximum atomic E-state index is 10.7. The van der Waals surface area contributed by atoms with E-state index in [4.69, 9.17) is 0 Å². The Labute approximate surface area is 89.4 Å². The van der Waals surface area contributed by atoms with Crippen molar-refractivity contribution in [2.24, 2.45) is 0 Å². The molecule has 0 radical (unpaired) electrons. The average molecular weight is 211 g/mol. The molecular weight excluding hydrogens is 194 g/mol. The van der Waals surface area contributed by atoms with E-state index in [1.54, 1.807) is 0 Å². The Hall–Kier alpha value is -0.700. The first kappa shape index (κ1) is 11.4. The van der Waals surface area contributed by atoms with Crippen LogP contribution in [-0.2, 0) is 5.41 Å². The zero-order valence-corrected chi connectivity index (χ0v) is 10.2. The number of aldehydes is 1. The summed E-state index contributed by atoms with van der Waals surface area (Å²) < 4.78 is 0. The van der Waals surface area contributed by atoms with Gasteiger partial charge in [-0.1, -0.05) is 34.6 Å². The lowest BCUT2D eigenvalue weighted by Crippen LogP contribution is -2.14. The van der Waals surface area contributed by atoms with E-state index < -0.39 is 0 Å². The van der Waals surface area contributed by atoms with E-state index in [2.05, 4.69) is 39.6 Å². The summed E-state index contributed by atoms with van der Waals surface area (Å²) in [5.41, 5.74) is 1.09. The van der Waals surface area contributed by atoms with Gasteiger partial charge in [0, 0.05) is 10.3 Å². The van der Waals surface area contributed by atoms with Crippen LogP contribution in [0.25, 0.3) is 0 Å². The normalized spacial score (nSPS) is 12.1. The minimum atomic E-state index is 0.0252. The summed E-state index contributed by atoms with van der Waals surface area (Å²) in [5, 5.41) is 0.596. The monoisotopic (exact) mass is 211 g/mol. The summed E-state index contributed by atoms with van der Waals surface area (Å²) in [7, 11) is 0. The van der Waals surface area contributed by atoms with Gasteiger partial charge < -0.3 is 0 Å². The Morgan fingerprint density at radius 1 is 1.36 bits per heavy atom. The number of carbonyl (C=O) groups excluding carboxylic acids is 1. The number of hydrogen-bond acceptors (Lipinski definition) is 3. The van der Waals surface area contributed by atoms with Gasteiger partial charge in [0.15, 0.2) is 11.3 Å². The molecule has 0 aliphatic heterocycles. The van der Waals surface area contributed by atoms with Crippen LogP contribution in [0.5, 0.6) is 0 Å². The molecule has 0 aliphatic rings. The van der Waals surface area contributed by atoms with Crippen molar-refractivity contribution in [1.82, 2.24) is 4.98 Å². The molecule has 0 saturated carbocycles. The highest BCUT2D eigenvalue weighted by Crippen LogP contribution is 2.33. The minimum Gasteiger partial charge on any atom is -0.295 e. The molecule has 2 nitrogen and oxygen atoms in total. The van der Waals surface area contributed by atoms with Crippen molar-refractivity contribution < 1.29 is 4.79 Å². The van der Waals surface area contributed by atoms with Gasteiger partial charge in [0.1, 0.15) is 0 Å². The Bertz CT molecular complexity index is 334. The van der Waals surface area contributed by atoms with Gasteiger partial charge in [-0.25, -0.2) is 4.98 Å². The number of thiazole rings is 1. The molecule has 0 saturated heterocycles. The largest absolute Gasteiger partial charge is 0.295 e. The predicted molar refractivity (Wildman–Crippen MR) is 60.3 cm³/mol. The van der Waals surface area contributed by atoms with Gasteiger partial charge >= 0.3 is 0 Å². The highest BCUT2D eigenvalue weighted by atomic mass is 32.1. The van der Waals surface area contributed by atoms with Crippen LogP contribution in [0, 0.1) is 0 Å². The highest BCUT2D eigenvalue weighted by molar-refractivity contribution is 7.13. The molecule has 1 aromatic rings. The van der Waals surface area contributed by atoms with Crippen molar-refractivity contribution in [3.8, 4) is 0 Å². The maximum Gasteiger partial charge on any atom is 0.178 e. The smallest absolute Gasteiger partial charge is 0.178 e. The molecule has 1 heterocycles. The van der Waals surface area contributed by atoms with Crippen LogP contribution in [0.1, 0.15) is 60.9 Å². The maximum absolute atomic E-state index is 10.7. The fraction of sp³-hybridized carbons (Fsp3) is 0.636. The van der Waals surface area contributed by atoms with Gasteiger partial charge in [-0.15, -0.1) is 11.3 Å². The Morgan fingerprint density at radius 2 is 1.93 bits per heavy atom.